The molecule has 1 unspecified atom stereocenters. The summed E-state index contributed by atoms with van der Waals surface area (Å²) in [6.07, 6.45) is 1.90. The first-order chi connectivity index (χ1) is 9.83. The van der Waals surface area contributed by atoms with Crippen LogP contribution in [0, 0.1) is 0 Å². The van der Waals surface area contributed by atoms with Crippen LogP contribution in [0.5, 0.6) is 5.75 Å². The topological polar surface area (TPSA) is 29.5 Å². The highest BCUT2D eigenvalue weighted by Gasteiger charge is 2.36. The summed E-state index contributed by atoms with van der Waals surface area (Å²) in [6.45, 7) is 0.804. The van der Waals surface area contributed by atoms with Gasteiger partial charge < -0.3 is 9.64 Å². The van der Waals surface area contributed by atoms with Gasteiger partial charge in [-0.1, -0.05) is 36.4 Å². The zero-order valence-corrected chi connectivity index (χ0v) is 11.1. The third-order valence-corrected chi connectivity index (χ3v) is 4.04. The van der Waals surface area contributed by atoms with E-state index in [2.05, 4.69) is 12.1 Å². The Labute approximate surface area is 117 Å². The van der Waals surface area contributed by atoms with Crippen LogP contribution in [0.15, 0.2) is 48.5 Å². The van der Waals surface area contributed by atoms with Crippen molar-refractivity contribution in [3.63, 3.8) is 0 Å². The Bertz CT molecular complexity index is 666. The summed E-state index contributed by atoms with van der Waals surface area (Å²) in [7, 11) is 0. The van der Waals surface area contributed by atoms with Crippen molar-refractivity contribution in [2.45, 2.75) is 19.1 Å². The highest BCUT2D eigenvalue weighted by molar-refractivity contribution is 5.99. The minimum atomic E-state index is -0.0578. The van der Waals surface area contributed by atoms with Gasteiger partial charge in [0.25, 0.3) is 5.91 Å². The monoisotopic (exact) mass is 265 g/mol. The SMILES string of the molecule is O=C1c2cc(-c3ccccc3)ccc2OC2CCCN12. The molecule has 1 saturated heterocycles. The number of carbonyl (C=O) groups is 1. The first-order valence-electron chi connectivity index (χ1n) is 7.00. The fourth-order valence-electron chi connectivity index (χ4n) is 3.00. The molecule has 2 heterocycles. The van der Waals surface area contributed by atoms with Gasteiger partial charge in [-0.15, -0.1) is 0 Å². The zero-order valence-electron chi connectivity index (χ0n) is 11.1. The molecule has 1 atom stereocenters. The van der Waals surface area contributed by atoms with E-state index in [0.717, 1.165) is 36.3 Å². The maximum absolute atomic E-state index is 12.5. The van der Waals surface area contributed by atoms with Gasteiger partial charge in [0.1, 0.15) is 5.75 Å². The number of hydrogen-bond donors (Lipinski definition) is 0. The van der Waals surface area contributed by atoms with Crippen LogP contribution in [-0.4, -0.2) is 23.6 Å². The van der Waals surface area contributed by atoms with Gasteiger partial charge in [-0.25, -0.2) is 0 Å². The lowest BCUT2D eigenvalue weighted by molar-refractivity contribution is 0.0294. The second-order valence-corrected chi connectivity index (χ2v) is 5.29. The summed E-state index contributed by atoms with van der Waals surface area (Å²) in [4.78, 5) is 14.4. The number of nitrogens with zero attached hydrogens (tertiary/aromatic N) is 1. The molecule has 4 rings (SSSR count). The van der Waals surface area contributed by atoms with Crippen LogP contribution in [0.25, 0.3) is 11.1 Å². The van der Waals surface area contributed by atoms with Gasteiger partial charge in [0.05, 0.1) is 5.56 Å². The molecule has 2 aliphatic rings. The van der Waals surface area contributed by atoms with E-state index < -0.39 is 0 Å². The second-order valence-electron chi connectivity index (χ2n) is 5.29. The lowest BCUT2D eigenvalue weighted by atomic mass is 10.0. The fraction of sp³-hybridized carbons (Fsp3) is 0.235. The highest BCUT2D eigenvalue weighted by atomic mass is 16.5. The Kier molecular flexibility index (Phi) is 2.52. The summed E-state index contributed by atoms with van der Waals surface area (Å²) in [5, 5.41) is 0. The number of carbonyl (C=O) groups excluding carboxylic acids is 1. The molecule has 0 saturated carbocycles. The van der Waals surface area contributed by atoms with Crippen molar-refractivity contribution in [3.05, 3.63) is 54.1 Å². The van der Waals surface area contributed by atoms with Crippen LogP contribution < -0.4 is 4.74 Å². The summed E-state index contributed by atoms with van der Waals surface area (Å²) in [6, 6.07) is 16.0. The van der Waals surface area contributed by atoms with Crippen LogP contribution in [-0.2, 0) is 0 Å². The van der Waals surface area contributed by atoms with Crippen molar-refractivity contribution in [2.24, 2.45) is 0 Å². The maximum atomic E-state index is 12.5. The molecule has 2 aromatic rings. The van der Waals surface area contributed by atoms with Crippen LogP contribution in [0.2, 0.25) is 0 Å². The molecule has 0 N–H and O–H groups in total. The van der Waals surface area contributed by atoms with Crippen molar-refractivity contribution in [3.8, 4) is 16.9 Å². The minimum absolute atomic E-state index is 0.0578. The Balaban J connectivity index is 1.78. The van der Waals surface area contributed by atoms with E-state index in [1.165, 1.54) is 0 Å². The first kappa shape index (κ1) is 11.5. The smallest absolute Gasteiger partial charge is 0.260 e. The highest BCUT2D eigenvalue weighted by Crippen LogP contribution is 2.35. The molecule has 1 fully saturated rings. The van der Waals surface area contributed by atoms with E-state index in [1.807, 2.05) is 41.3 Å². The molecule has 100 valence electrons. The van der Waals surface area contributed by atoms with Crippen LogP contribution >= 0.6 is 0 Å². The molecule has 3 nitrogen and oxygen atoms in total. The molecule has 0 aromatic heterocycles. The average Bonchev–Trinajstić information content (AvgIpc) is 2.97. The number of rotatable bonds is 1. The molecular weight excluding hydrogens is 250 g/mol. The average molecular weight is 265 g/mol. The molecule has 3 heteroatoms. The van der Waals surface area contributed by atoms with Gasteiger partial charge in [0.2, 0.25) is 0 Å². The van der Waals surface area contributed by atoms with Crippen LogP contribution in [0.3, 0.4) is 0 Å². The van der Waals surface area contributed by atoms with Gasteiger partial charge in [0.15, 0.2) is 6.23 Å². The van der Waals surface area contributed by atoms with E-state index >= 15 is 0 Å². The fourth-order valence-corrected chi connectivity index (χ4v) is 3.00. The van der Waals surface area contributed by atoms with Crippen molar-refractivity contribution in [1.82, 2.24) is 4.90 Å². The largest absolute Gasteiger partial charge is 0.470 e. The normalized spacial score (nSPS) is 20.3. The molecule has 2 aliphatic heterocycles. The molecule has 0 aliphatic carbocycles. The van der Waals surface area contributed by atoms with E-state index in [4.69, 9.17) is 4.74 Å². The van der Waals surface area contributed by atoms with Crippen molar-refractivity contribution in [1.29, 1.82) is 0 Å². The number of fused-ring (bicyclic) bond motifs is 2. The first-order valence-corrected chi connectivity index (χ1v) is 7.00. The van der Waals surface area contributed by atoms with Gasteiger partial charge in [-0.05, 0) is 29.7 Å². The Morgan fingerprint density at radius 3 is 2.75 bits per heavy atom. The maximum Gasteiger partial charge on any atom is 0.260 e. The van der Waals surface area contributed by atoms with Gasteiger partial charge in [0, 0.05) is 13.0 Å². The Morgan fingerprint density at radius 2 is 1.90 bits per heavy atom. The molecule has 20 heavy (non-hydrogen) atoms. The van der Waals surface area contributed by atoms with Crippen molar-refractivity contribution < 1.29 is 9.53 Å². The molecule has 0 radical (unpaired) electrons. The Hall–Kier alpha value is -2.29. The number of benzene rings is 2. The van der Waals surface area contributed by atoms with Crippen LogP contribution in [0.4, 0.5) is 0 Å². The number of ether oxygens (including phenoxy) is 1. The van der Waals surface area contributed by atoms with Gasteiger partial charge in [-0.3, -0.25) is 4.79 Å². The predicted molar refractivity (Wildman–Crippen MR) is 76.6 cm³/mol. The zero-order chi connectivity index (χ0) is 13.5. The molecule has 0 bridgehead atoms. The van der Waals surface area contributed by atoms with Gasteiger partial charge in [-0.2, -0.15) is 0 Å². The lowest BCUT2D eigenvalue weighted by Gasteiger charge is -2.31. The summed E-state index contributed by atoms with van der Waals surface area (Å²) in [5.74, 6) is 0.823. The van der Waals surface area contributed by atoms with Gasteiger partial charge >= 0.3 is 0 Å². The quantitative estimate of drug-likeness (QED) is 0.791. The summed E-state index contributed by atoms with van der Waals surface area (Å²) < 4.78 is 5.92. The Morgan fingerprint density at radius 1 is 1.05 bits per heavy atom. The van der Waals surface area contributed by atoms with Crippen LogP contribution in [0.1, 0.15) is 23.2 Å². The van der Waals surface area contributed by atoms with Crippen molar-refractivity contribution in [2.75, 3.05) is 6.54 Å². The van der Waals surface area contributed by atoms with E-state index in [9.17, 15) is 4.79 Å². The van der Waals surface area contributed by atoms with E-state index in [0.29, 0.717) is 5.56 Å². The number of amides is 1. The van der Waals surface area contributed by atoms with E-state index in [-0.39, 0.29) is 12.1 Å². The molecule has 2 aromatic carbocycles. The lowest BCUT2D eigenvalue weighted by Crippen LogP contribution is -2.42. The third-order valence-electron chi connectivity index (χ3n) is 4.04. The molecule has 0 spiro atoms. The third kappa shape index (κ3) is 1.70. The second kappa shape index (κ2) is 4.37. The van der Waals surface area contributed by atoms with E-state index in [1.54, 1.807) is 0 Å². The summed E-state index contributed by atoms with van der Waals surface area (Å²) >= 11 is 0. The number of hydrogen-bond acceptors (Lipinski definition) is 2. The predicted octanol–water partition coefficient (Wildman–Crippen LogP) is 3.31. The standard InChI is InChI=1S/C17H15NO2/c19-17-14-11-13(12-5-2-1-3-6-12)8-9-15(14)20-16-7-4-10-18(16)17/h1-3,5-6,8-9,11,16H,4,7,10H2. The van der Waals surface area contributed by atoms with Crippen molar-refractivity contribution >= 4 is 5.91 Å². The molecule has 1 amide bonds. The molecular formula is C17H15NO2. The minimum Gasteiger partial charge on any atom is -0.470 e. The summed E-state index contributed by atoms with van der Waals surface area (Å²) in [5.41, 5.74) is 2.86.